The summed E-state index contributed by atoms with van der Waals surface area (Å²) in [6, 6.07) is 10.3. The lowest BCUT2D eigenvalue weighted by Crippen LogP contribution is -2.22. The van der Waals surface area contributed by atoms with Gasteiger partial charge in [-0.1, -0.05) is 41.4 Å². The quantitative estimate of drug-likeness (QED) is 0.619. The third kappa shape index (κ3) is 3.97. The molecule has 0 heterocycles. The molecule has 4 nitrogen and oxygen atoms in total. The lowest BCUT2D eigenvalue weighted by atomic mass is 10.1. The van der Waals surface area contributed by atoms with Crippen LogP contribution in [0.2, 0.25) is 10.0 Å². The number of para-hydroxylation sites is 1. The molecule has 0 atom stereocenters. The Morgan fingerprint density at radius 2 is 1.96 bits per heavy atom. The third-order valence-corrected chi connectivity index (χ3v) is 4.03. The summed E-state index contributed by atoms with van der Waals surface area (Å²) in [6.07, 6.45) is 1.77. The van der Waals surface area contributed by atoms with Gasteiger partial charge in [0.2, 0.25) is 0 Å². The minimum atomic E-state index is -0.276. The standard InChI is InChI=1S/C17H17Cl2N3O/c1-3-8-22(2)16-7-5-4-6-11(16)17(23)21-15-10-13(19)12(18)9-14(15)20/h3-7,9-10H,1,8,20H2,2H3,(H,21,23). The van der Waals surface area contributed by atoms with E-state index < -0.39 is 0 Å². The summed E-state index contributed by atoms with van der Waals surface area (Å²) in [5, 5.41) is 3.44. The van der Waals surface area contributed by atoms with E-state index in [9.17, 15) is 4.79 Å². The summed E-state index contributed by atoms with van der Waals surface area (Å²) < 4.78 is 0. The monoisotopic (exact) mass is 349 g/mol. The van der Waals surface area contributed by atoms with Crippen LogP contribution in [-0.4, -0.2) is 19.5 Å². The molecule has 2 rings (SSSR count). The van der Waals surface area contributed by atoms with Gasteiger partial charge in [-0.15, -0.1) is 6.58 Å². The molecule has 3 N–H and O–H groups in total. The van der Waals surface area contributed by atoms with Crippen LogP contribution < -0.4 is 16.0 Å². The van der Waals surface area contributed by atoms with Gasteiger partial charge in [-0.05, 0) is 24.3 Å². The minimum Gasteiger partial charge on any atom is -0.397 e. The molecule has 0 unspecified atom stereocenters. The van der Waals surface area contributed by atoms with Crippen molar-refractivity contribution >= 4 is 46.2 Å². The van der Waals surface area contributed by atoms with Crippen molar-refractivity contribution in [3.8, 4) is 0 Å². The molecule has 0 bridgehead atoms. The second kappa shape index (κ2) is 7.40. The maximum absolute atomic E-state index is 12.6. The number of rotatable bonds is 5. The Hall–Kier alpha value is -2.17. The fourth-order valence-corrected chi connectivity index (χ4v) is 2.49. The maximum Gasteiger partial charge on any atom is 0.257 e. The lowest BCUT2D eigenvalue weighted by molar-refractivity contribution is 0.102. The third-order valence-electron chi connectivity index (χ3n) is 3.30. The Bertz CT molecular complexity index is 747. The smallest absolute Gasteiger partial charge is 0.257 e. The molecule has 23 heavy (non-hydrogen) atoms. The zero-order valence-corrected chi connectivity index (χ0v) is 14.2. The normalized spacial score (nSPS) is 10.2. The first kappa shape index (κ1) is 17.2. The number of nitrogens with zero attached hydrogens (tertiary/aromatic N) is 1. The number of likely N-dealkylation sites (N-methyl/N-ethyl adjacent to an activating group) is 1. The number of hydrogen-bond donors (Lipinski definition) is 2. The zero-order chi connectivity index (χ0) is 17.0. The number of nitrogen functional groups attached to an aromatic ring is 1. The van der Waals surface area contributed by atoms with Crippen LogP contribution in [0.5, 0.6) is 0 Å². The second-order valence-corrected chi connectivity index (χ2v) is 5.81. The van der Waals surface area contributed by atoms with Gasteiger partial charge < -0.3 is 16.0 Å². The molecule has 0 saturated heterocycles. The number of anilines is 3. The van der Waals surface area contributed by atoms with Crippen molar-refractivity contribution in [3.63, 3.8) is 0 Å². The Labute approximate surface area is 145 Å². The molecule has 0 radical (unpaired) electrons. The Kier molecular flexibility index (Phi) is 5.53. The van der Waals surface area contributed by atoms with Crippen molar-refractivity contribution in [2.45, 2.75) is 0 Å². The molecule has 2 aromatic rings. The molecule has 2 aromatic carbocycles. The van der Waals surface area contributed by atoms with E-state index in [-0.39, 0.29) is 5.91 Å². The molecule has 0 aliphatic rings. The first-order chi connectivity index (χ1) is 10.9. The minimum absolute atomic E-state index is 0.276. The van der Waals surface area contributed by atoms with Gasteiger partial charge in [0, 0.05) is 19.3 Å². The van der Waals surface area contributed by atoms with E-state index in [2.05, 4.69) is 11.9 Å². The van der Waals surface area contributed by atoms with Crippen LogP contribution in [0.15, 0.2) is 49.1 Å². The Morgan fingerprint density at radius 3 is 2.65 bits per heavy atom. The Balaban J connectivity index is 2.32. The average Bonchev–Trinajstić information content (AvgIpc) is 2.52. The number of benzene rings is 2. The van der Waals surface area contributed by atoms with Crippen LogP contribution in [0, 0.1) is 0 Å². The van der Waals surface area contributed by atoms with Crippen molar-refractivity contribution in [1.82, 2.24) is 0 Å². The number of halogens is 2. The van der Waals surface area contributed by atoms with E-state index in [1.54, 1.807) is 18.2 Å². The van der Waals surface area contributed by atoms with Crippen LogP contribution in [-0.2, 0) is 0 Å². The van der Waals surface area contributed by atoms with Gasteiger partial charge in [-0.2, -0.15) is 0 Å². The molecule has 120 valence electrons. The fourth-order valence-electron chi connectivity index (χ4n) is 2.15. The molecular formula is C17H17Cl2N3O. The van der Waals surface area contributed by atoms with Gasteiger partial charge in [0.25, 0.3) is 5.91 Å². The predicted molar refractivity (Wildman–Crippen MR) is 98.7 cm³/mol. The fraction of sp³-hybridized carbons (Fsp3) is 0.118. The largest absolute Gasteiger partial charge is 0.397 e. The number of amides is 1. The zero-order valence-electron chi connectivity index (χ0n) is 12.6. The highest BCUT2D eigenvalue weighted by atomic mass is 35.5. The van der Waals surface area contributed by atoms with Crippen molar-refractivity contribution in [3.05, 3.63) is 64.7 Å². The van der Waals surface area contributed by atoms with E-state index in [0.717, 1.165) is 5.69 Å². The number of nitrogens with one attached hydrogen (secondary N) is 1. The Morgan fingerprint density at radius 1 is 1.30 bits per heavy atom. The van der Waals surface area contributed by atoms with Crippen molar-refractivity contribution in [1.29, 1.82) is 0 Å². The molecule has 0 fully saturated rings. The van der Waals surface area contributed by atoms with Crippen molar-refractivity contribution in [2.24, 2.45) is 0 Å². The van der Waals surface area contributed by atoms with Crippen LogP contribution in [0.3, 0.4) is 0 Å². The topological polar surface area (TPSA) is 58.4 Å². The number of carbonyl (C=O) groups excluding carboxylic acids is 1. The van der Waals surface area contributed by atoms with Crippen LogP contribution >= 0.6 is 23.2 Å². The molecular weight excluding hydrogens is 333 g/mol. The average molecular weight is 350 g/mol. The van der Waals surface area contributed by atoms with Crippen molar-refractivity contribution in [2.75, 3.05) is 29.5 Å². The molecule has 0 aromatic heterocycles. The molecule has 6 heteroatoms. The number of nitrogens with two attached hydrogens (primary N) is 1. The highest BCUT2D eigenvalue weighted by Gasteiger charge is 2.15. The predicted octanol–water partition coefficient (Wildman–Crippen LogP) is 4.45. The van der Waals surface area contributed by atoms with E-state index in [1.807, 2.05) is 24.1 Å². The summed E-state index contributed by atoms with van der Waals surface area (Å²) in [5.74, 6) is -0.276. The molecule has 0 aliphatic heterocycles. The maximum atomic E-state index is 12.6. The van der Waals surface area contributed by atoms with Gasteiger partial charge in [0.05, 0.1) is 27.0 Å². The van der Waals surface area contributed by atoms with E-state index in [4.69, 9.17) is 28.9 Å². The SMILES string of the molecule is C=CCN(C)c1ccccc1C(=O)Nc1cc(Cl)c(Cl)cc1N. The van der Waals surface area contributed by atoms with Gasteiger partial charge in [-0.25, -0.2) is 0 Å². The summed E-state index contributed by atoms with van der Waals surface area (Å²) in [4.78, 5) is 14.5. The van der Waals surface area contributed by atoms with Crippen molar-refractivity contribution < 1.29 is 4.79 Å². The van der Waals surface area contributed by atoms with Gasteiger partial charge >= 0.3 is 0 Å². The molecule has 0 aliphatic carbocycles. The van der Waals surface area contributed by atoms with Gasteiger partial charge in [0.1, 0.15) is 0 Å². The van der Waals surface area contributed by atoms with Crippen LogP contribution in [0.4, 0.5) is 17.1 Å². The summed E-state index contributed by atoms with van der Waals surface area (Å²) in [7, 11) is 1.89. The summed E-state index contributed by atoms with van der Waals surface area (Å²) in [5.41, 5.74) is 7.98. The lowest BCUT2D eigenvalue weighted by Gasteiger charge is -2.20. The number of carbonyl (C=O) groups is 1. The summed E-state index contributed by atoms with van der Waals surface area (Å²) >= 11 is 11.9. The summed E-state index contributed by atoms with van der Waals surface area (Å²) in [6.45, 7) is 4.34. The van der Waals surface area contributed by atoms with Crippen LogP contribution in [0.25, 0.3) is 0 Å². The van der Waals surface area contributed by atoms with Crippen LogP contribution in [0.1, 0.15) is 10.4 Å². The highest BCUT2D eigenvalue weighted by Crippen LogP contribution is 2.31. The first-order valence-electron chi connectivity index (χ1n) is 6.91. The van der Waals surface area contributed by atoms with E-state index in [0.29, 0.717) is 33.5 Å². The molecule has 1 amide bonds. The van der Waals surface area contributed by atoms with Gasteiger partial charge in [-0.3, -0.25) is 4.79 Å². The van der Waals surface area contributed by atoms with E-state index >= 15 is 0 Å². The molecule has 0 spiro atoms. The van der Waals surface area contributed by atoms with Gasteiger partial charge in [0.15, 0.2) is 0 Å². The first-order valence-corrected chi connectivity index (χ1v) is 7.66. The second-order valence-electron chi connectivity index (χ2n) is 4.99. The van der Waals surface area contributed by atoms with E-state index in [1.165, 1.54) is 12.1 Å². The molecule has 0 saturated carbocycles. The number of hydrogen-bond acceptors (Lipinski definition) is 3. The highest BCUT2D eigenvalue weighted by molar-refractivity contribution is 6.42.